The summed E-state index contributed by atoms with van der Waals surface area (Å²) < 4.78 is 2.01. The first-order valence-corrected chi connectivity index (χ1v) is 10.0. The van der Waals surface area contributed by atoms with Crippen molar-refractivity contribution in [1.29, 1.82) is 0 Å². The lowest BCUT2D eigenvalue weighted by atomic mass is 10.1. The zero-order valence-electron chi connectivity index (χ0n) is 15.8. The standard InChI is InChI=1S/C23H19N3O2S/c1-16(27)22-21(18-7-3-2-4-8-18)25-23(29-22)24-20(28)15-17-9-11-19(12-10-17)26-13-5-6-14-26/h2-14H,15H2,1H3,(H,24,25,28). The number of rotatable bonds is 6. The molecule has 0 aliphatic heterocycles. The number of nitrogens with one attached hydrogen (secondary N) is 1. The van der Waals surface area contributed by atoms with Crippen molar-refractivity contribution < 1.29 is 9.59 Å². The Morgan fingerprint density at radius 1 is 0.966 bits per heavy atom. The van der Waals surface area contributed by atoms with Gasteiger partial charge in [0.1, 0.15) is 0 Å². The normalized spacial score (nSPS) is 10.7. The molecule has 0 fully saturated rings. The minimum Gasteiger partial charge on any atom is -0.324 e. The first-order chi connectivity index (χ1) is 14.1. The molecule has 6 heteroatoms. The van der Waals surface area contributed by atoms with Gasteiger partial charge in [-0.25, -0.2) is 4.98 Å². The minimum absolute atomic E-state index is 0.0672. The van der Waals surface area contributed by atoms with Gasteiger partial charge in [-0.1, -0.05) is 53.8 Å². The van der Waals surface area contributed by atoms with Crippen LogP contribution < -0.4 is 5.32 Å². The Kier molecular flexibility index (Phi) is 5.35. The van der Waals surface area contributed by atoms with Crippen molar-refractivity contribution in [3.63, 3.8) is 0 Å². The van der Waals surface area contributed by atoms with Gasteiger partial charge in [-0.15, -0.1) is 0 Å². The minimum atomic E-state index is -0.165. The Labute approximate surface area is 172 Å². The Balaban J connectivity index is 1.48. The molecule has 2 aromatic carbocycles. The lowest BCUT2D eigenvalue weighted by Gasteiger charge is -2.05. The van der Waals surface area contributed by atoms with E-state index in [1.54, 1.807) is 0 Å². The van der Waals surface area contributed by atoms with Crippen LogP contribution in [0.1, 0.15) is 22.2 Å². The quantitative estimate of drug-likeness (QED) is 0.463. The smallest absolute Gasteiger partial charge is 0.230 e. The predicted molar refractivity (Wildman–Crippen MR) is 116 cm³/mol. The number of aromatic nitrogens is 2. The molecule has 1 N–H and O–H groups in total. The van der Waals surface area contributed by atoms with E-state index in [1.807, 2.05) is 83.7 Å². The Hall–Kier alpha value is -3.51. The number of benzene rings is 2. The molecule has 0 saturated heterocycles. The molecule has 0 spiro atoms. The van der Waals surface area contributed by atoms with Crippen molar-refractivity contribution in [3.05, 3.63) is 89.6 Å². The van der Waals surface area contributed by atoms with Crippen molar-refractivity contribution >= 4 is 28.2 Å². The van der Waals surface area contributed by atoms with Crippen LogP contribution in [0.4, 0.5) is 5.13 Å². The molecule has 0 aliphatic rings. The van der Waals surface area contributed by atoms with Gasteiger partial charge in [0.05, 0.1) is 17.0 Å². The molecule has 29 heavy (non-hydrogen) atoms. The summed E-state index contributed by atoms with van der Waals surface area (Å²) in [6.07, 6.45) is 4.18. The zero-order valence-corrected chi connectivity index (χ0v) is 16.6. The molecule has 0 unspecified atom stereocenters. The monoisotopic (exact) mass is 401 g/mol. The number of hydrogen-bond donors (Lipinski definition) is 1. The van der Waals surface area contributed by atoms with Crippen LogP contribution in [0.5, 0.6) is 0 Å². The second-order valence-corrected chi connectivity index (χ2v) is 7.60. The third-order valence-corrected chi connectivity index (χ3v) is 5.52. The highest BCUT2D eigenvalue weighted by Gasteiger charge is 2.18. The number of thiazole rings is 1. The molecule has 0 aliphatic carbocycles. The first kappa shape index (κ1) is 18.8. The van der Waals surface area contributed by atoms with Crippen LogP contribution in [-0.2, 0) is 11.2 Å². The summed E-state index contributed by atoms with van der Waals surface area (Å²) in [4.78, 5) is 29.5. The number of Topliss-reactive ketones (excluding diaryl/α,β-unsaturated/α-hetero) is 1. The highest BCUT2D eigenvalue weighted by molar-refractivity contribution is 7.18. The summed E-state index contributed by atoms with van der Waals surface area (Å²) in [5.41, 5.74) is 3.41. The van der Waals surface area contributed by atoms with Crippen molar-refractivity contribution in [1.82, 2.24) is 9.55 Å². The molecule has 0 bridgehead atoms. The SMILES string of the molecule is CC(=O)c1sc(NC(=O)Cc2ccc(-n3cccc3)cc2)nc1-c1ccccc1. The summed E-state index contributed by atoms with van der Waals surface area (Å²) in [6, 6.07) is 21.3. The van der Waals surface area contributed by atoms with E-state index in [4.69, 9.17) is 0 Å². The second kappa shape index (κ2) is 8.24. The predicted octanol–water partition coefficient (Wildman–Crippen LogP) is 4.98. The maximum Gasteiger partial charge on any atom is 0.230 e. The Bertz CT molecular complexity index is 1130. The number of anilines is 1. The zero-order chi connectivity index (χ0) is 20.2. The van der Waals surface area contributed by atoms with Gasteiger partial charge in [0.25, 0.3) is 0 Å². The summed E-state index contributed by atoms with van der Waals surface area (Å²) in [6.45, 7) is 1.51. The van der Waals surface area contributed by atoms with Crippen molar-refractivity contribution in [2.24, 2.45) is 0 Å². The molecule has 4 aromatic rings. The number of hydrogen-bond acceptors (Lipinski definition) is 4. The van der Waals surface area contributed by atoms with Gasteiger partial charge < -0.3 is 9.88 Å². The molecule has 144 valence electrons. The van der Waals surface area contributed by atoms with Gasteiger partial charge in [-0.05, 0) is 29.8 Å². The fraction of sp³-hybridized carbons (Fsp3) is 0.0870. The van der Waals surface area contributed by atoms with E-state index < -0.39 is 0 Å². The number of nitrogens with zero attached hydrogens (tertiary/aromatic N) is 2. The maximum atomic E-state index is 12.5. The molecule has 2 aromatic heterocycles. The Morgan fingerprint density at radius 2 is 1.66 bits per heavy atom. The van der Waals surface area contributed by atoms with Gasteiger partial charge >= 0.3 is 0 Å². The van der Waals surface area contributed by atoms with Crippen LogP contribution in [-0.4, -0.2) is 21.2 Å². The van der Waals surface area contributed by atoms with Gasteiger partial charge in [0, 0.05) is 30.6 Å². The highest BCUT2D eigenvalue weighted by Crippen LogP contribution is 2.31. The average molecular weight is 401 g/mol. The van der Waals surface area contributed by atoms with Gasteiger partial charge in [0.2, 0.25) is 5.91 Å². The van der Waals surface area contributed by atoms with Crippen molar-refractivity contribution in [2.45, 2.75) is 13.3 Å². The largest absolute Gasteiger partial charge is 0.324 e. The lowest BCUT2D eigenvalue weighted by molar-refractivity contribution is -0.115. The van der Waals surface area contributed by atoms with Crippen LogP contribution in [0.2, 0.25) is 0 Å². The van der Waals surface area contributed by atoms with E-state index in [2.05, 4.69) is 10.3 Å². The van der Waals surface area contributed by atoms with Crippen LogP contribution >= 0.6 is 11.3 Å². The molecule has 5 nitrogen and oxygen atoms in total. The fourth-order valence-electron chi connectivity index (χ4n) is 3.05. The van der Waals surface area contributed by atoms with Crippen LogP contribution in [0, 0.1) is 0 Å². The lowest BCUT2D eigenvalue weighted by Crippen LogP contribution is -2.14. The third-order valence-electron chi connectivity index (χ3n) is 4.44. The van der Waals surface area contributed by atoms with Gasteiger partial charge in [-0.2, -0.15) is 0 Å². The summed E-state index contributed by atoms with van der Waals surface area (Å²) in [5, 5.41) is 3.26. The van der Waals surface area contributed by atoms with E-state index in [1.165, 1.54) is 18.3 Å². The van der Waals surface area contributed by atoms with E-state index in [0.717, 1.165) is 16.8 Å². The third kappa shape index (κ3) is 4.33. The summed E-state index contributed by atoms with van der Waals surface area (Å²) >= 11 is 1.21. The molecule has 2 heterocycles. The molecular weight excluding hydrogens is 382 g/mol. The number of carbonyl (C=O) groups is 2. The summed E-state index contributed by atoms with van der Waals surface area (Å²) in [7, 11) is 0. The van der Waals surface area contributed by atoms with E-state index in [0.29, 0.717) is 15.7 Å². The topological polar surface area (TPSA) is 64.0 Å². The highest BCUT2D eigenvalue weighted by atomic mass is 32.1. The van der Waals surface area contributed by atoms with E-state index in [9.17, 15) is 9.59 Å². The van der Waals surface area contributed by atoms with Crippen LogP contribution in [0.3, 0.4) is 0 Å². The van der Waals surface area contributed by atoms with Gasteiger partial charge in [-0.3, -0.25) is 9.59 Å². The number of carbonyl (C=O) groups excluding carboxylic acids is 2. The first-order valence-electron chi connectivity index (χ1n) is 9.19. The molecule has 0 saturated carbocycles. The number of amides is 1. The molecule has 1 amide bonds. The average Bonchev–Trinajstić information content (AvgIpc) is 3.39. The Morgan fingerprint density at radius 3 is 2.31 bits per heavy atom. The van der Waals surface area contributed by atoms with Crippen LogP contribution in [0.15, 0.2) is 79.1 Å². The molecular formula is C23H19N3O2S. The second-order valence-electron chi connectivity index (χ2n) is 6.60. The fourth-order valence-corrected chi connectivity index (χ4v) is 3.94. The van der Waals surface area contributed by atoms with Crippen molar-refractivity contribution in [3.8, 4) is 16.9 Å². The molecule has 0 radical (unpaired) electrons. The maximum absolute atomic E-state index is 12.5. The van der Waals surface area contributed by atoms with E-state index in [-0.39, 0.29) is 18.1 Å². The summed E-state index contributed by atoms with van der Waals surface area (Å²) in [5.74, 6) is -0.232. The molecule has 4 rings (SSSR count). The number of ketones is 1. The van der Waals surface area contributed by atoms with Crippen LogP contribution in [0.25, 0.3) is 16.9 Å². The molecule has 0 atom stereocenters. The van der Waals surface area contributed by atoms with Crippen molar-refractivity contribution in [2.75, 3.05) is 5.32 Å². The van der Waals surface area contributed by atoms with E-state index >= 15 is 0 Å². The van der Waals surface area contributed by atoms with Gasteiger partial charge in [0.15, 0.2) is 10.9 Å².